The van der Waals surface area contributed by atoms with Crippen LogP contribution in [0.15, 0.2) is 24.3 Å². The Morgan fingerprint density at radius 1 is 1.04 bits per heavy atom. The first-order chi connectivity index (χ1) is 13.2. The maximum absolute atomic E-state index is 13.3. The number of likely N-dealkylation sites (tertiary alicyclic amines) is 1. The van der Waals surface area contributed by atoms with Gasteiger partial charge in [0.25, 0.3) is 0 Å². The van der Waals surface area contributed by atoms with Crippen LogP contribution in [0.4, 0.5) is 0 Å². The number of carbonyl (C=O) groups is 1. The summed E-state index contributed by atoms with van der Waals surface area (Å²) >= 11 is 0. The molecule has 0 radical (unpaired) electrons. The SMILES string of the molecule is COc1ccc([C@@H]2CN(C(=O)CC3CCCC3)[C@@H]3C4CCN(CC4)[C@@H]32)cc1. The number of fused-ring (bicyclic) bond motifs is 2. The number of benzene rings is 1. The fourth-order valence-electron chi connectivity index (χ4n) is 6.43. The van der Waals surface area contributed by atoms with Crippen molar-refractivity contribution in [2.75, 3.05) is 26.7 Å². The van der Waals surface area contributed by atoms with Crippen molar-refractivity contribution in [2.45, 2.75) is 62.9 Å². The van der Waals surface area contributed by atoms with Crippen LogP contribution < -0.4 is 4.74 Å². The maximum Gasteiger partial charge on any atom is 0.223 e. The molecule has 4 aliphatic heterocycles. The van der Waals surface area contributed by atoms with Crippen LogP contribution in [-0.2, 0) is 4.79 Å². The maximum atomic E-state index is 13.3. The Kier molecular flexibility index (Phi) is 4.63. The fraction of sp³-hybridized carbons (Fsp3) is 0.696. The summed E-state index contributed by atoms with van der Waals surface area (Å²) in [7, 11) is 1.72. The van der Waals surface area contributed by atoms with Gasteiger partial charge in [0, 0.05) is 24.9 Å². The number of nitrogens with zero attached hydrogens (tertiary/aromatic N) is 2. The lowest BCUT2D eigenvalue weighted by Crippen LogP contribution is -2.60. The minimum absolute atomic E-state index is 0.432. The average molecular weight is 369 g/mol. The number of amides is 1. The molecule has 2 bridgehead atoms. The minimum atomic E-state index is 0.432. The van der Waals surface area contributed by atoms with Crippen molar-refractivity contribution in [1.29, 1.82) is 0 Å². The van der Waals surface area contributed by atoms with Crippen LogP contribution in [0.1, 0.15) is 56.4 Å². The monoisotopic (exact) mass is 368 g/mol. The second-order valence-corrected chi connectivity index (χ2v) is 9.13. The molecule has 0 unspecified atom stereocenters. The van der Waals surface area contributed by atoms with E-state index in [1.54, 1.807) is 7.11 Å². The molecule has 1 amide bonds. The number of methoxy groups -OCH3 is 1. The zero-order chi connectivity index (χ0) is 18.4. The third-order valence-corrected chi connectivity index (χ3v) is 7.80. The van der Waals surface area contributed by atoms with E-state index in [0.29, 0.717) is 35.7 Å². The molecule has 4 heteroatoms. The smallest absolute Gasteiger partial charge is 0.223 e. The van der Waals surface area contributed by atoms with Crippen LogP contribution in [0.3, 0.4) is 0 Å². The molecule has 6 rings (SSSR count). The minimum Gasteiger partial charge on any atom is -0.497 e. The molecular formula is C23H32N2O2. The molecule has 4 heterocycles. The van der Waals surface area contributed by atoms with E-state index in [0.717, 1.165) is 18.7 Å². The molecule has 1 aliphatic carbocycles. The van der Waals surface area contributed by atoms with Gasteiger partial charge < -0.3 is 9.64 Å². The van der Waals surface area contributed by atoms with Crippen molar-refractivity contribution in [1.82, 2.24) is 9.80 Å². The van der Waals surface area contributed by atoms with Crippen LogP contribution in [0.2, 0.25) is 0 Å². The van der Waals surface area contributed by atoms with Crippen LogP contribution in [0.25, 0.3) is 0 Å². The van der Waals surface area contributed by atoms with Gasteiger partial charge in [0.2, 0.25) is 5.91 Å². The van der Waals surface area contributed by atoms with Crippen LogP contribution >= 0.6 is 0 Å². The van der Waals surface area contributed by atoms with Crippen molar-refractivity contribution in [3.63, 3.8) is 0 Å². The van der Waals surface area contributed by atoms with Gasteiger partial charge in [-0.3, -0.25) is 9.69 Å². The van der Waals surface area contributed by atoms with Gasteiger partial charge in [-0.15, -0.1) is 0 Å². The molecule has 4 saturated heterocycles. The highest BCUT2D eigenvalue weighted by molar-refractivity contribution is 5.77. The molecule has 5 fully saturated rings. The molecule has 1 aromatic carbocycles. The second kappa shape index (κ2) is 7.12. The number of hydrogen-bond donors (Lipinski definition) is 0. The number of ether oxygens (including phenoxy) is 1. The Hall–Kier alpha value is -1.55. The molecule has 0 N–H and O–H groups in total. The van der Waals surface area contributed by atoms with Gasteiger partial charge >= 0.3 is 0 Å². The summed E-state index contributed by atoms with van der Waals surface area (Å²) in [6.07, 6.45) is 8.46. The van der Waals surface area contributed by atoms with E-state index in [1.165, 1.54) is 57.2 Å². The summed E-state index contributed by atoms with van der Waals surface area (Å²) in [6, 6.07) is 9.53. The van der Waals surface area contributed by atoms with Crippen molar-refractivity contribution >= 4 is 5.91 Å². The summed E-state index contributed by atoms with van der Waals surface area (Å²) in [5, 5.41) is 0. The molecule has 5 aliphatic rings. The van der Waals surface area contributed by atoms with Crippen molar-refractivity contribution in [2.24, 2.45) is 11.8 Å². The van der Waals surface area contributed by atoms with Crippen LogP contribution in [0, 0.1) is 11.8 Å². The Balaban J connectivity index is 1.41. The fourth-order valence-corrected chi connectivity index (χ4v) is 6.43. The van der Waals surface area contributed by atoms with Gasteiger partial charge in [0.05, 0.1) is 13.2 Å². The molecular weight excluding hydrogens is 336 g/mol. The van der Waals surface area contributed by atoms with E-state index in [1.807, 2.05) is 0 Å². The van der Waals surface area contributed by atoms with E-state index in [9.17, 15) is 4.79 Å². The zero-order valence-electron chi connectivity index (χ0n) is 16.5. The third-order valence-electron chi connectivity index (χ3n) is 7.80. The predicted molar refractivity (Wildman–Crippen MR) is 106 cm³/mol. The zero-order valence-corrected chi connectivity index (χ0v) is 16.5. The quantitative estimate of drug-likeness (QED) is 0.813. The lowest BCUT2D eigenvalue weighted by Gasteiger charge is -2.51. The van der Waals surface area contributed by atoms with E-state index < -0.39 is 0 Å². The topological polar surface area (TPSA) is 32.8 Å². The molecule has 146 valence electrons. The molecule has 0 aromatic heterocycles. The van der Waals surface area contributed by atoms with Crippen molar-refractivity contribution in [3.05, 3.63) is 29.8 Å². The highest BCUT2D eigenvalue weighted by atomic mass is 16.5. The van der Waals surface area contributed by atoms with Gasteiger partial charge in [0.1, 0.15) is 5.75 Å². The standard InChI is InChI=1S/C23H32N2O2/c1-27-19-8-6-17(7-9-19)20-15-25(21(26)14-16-4-2-3-5-16)22-18-10-12-24(13-11-18)23(20)22/h6-9,16,18,20,22-23H,2-5,10-15H2,1H3/t20-,22+,23+/m0/s1. The average Bonchev–Trinajstić information content (AvgIpc) is 3.38. The molecule has 1 saturated carbocycles. The van der Waals surface area contributed by atoms with Crippen LogP contribution in [0.5, 0.6) is 5.75 Å². The van der Waals surface area contributed by atoms with E-state index in [-0.39, 0.29) is 0 Å². The summed E-state index contributed by atoms with van der Waals surface area (Å²) in [4.78, 5) is 18.3. The summed E-state index contributed by atoms with van der Waals surface area (Å²) in [5.41, 5.74) is 1.37. The van der Waals surface area contributed by atoms with Gasteiger partial charge in [-0.05, 0) is 68.3 Å². The number of hydrogen-bond acceptors (Lipinski definition) is 3. The van der Waals surface area contributed by atoms with Gasteiger partial charge in [0.15, 0.2) is 0 Å². The van der Waals surface area contributed by atoms with Gasteiger partial charge in [-0.1, -0.05) is 25.0 Å². The second-order valence-electron chi connectivity index (χ2n) is 9.13. The van der Waals surface area contributed by atoms with E-state index in [2.05, 4.69) is 34.1 Å². The van der Waals surface area contributed by atoms with Gasteiger partial charge in [-0.2, -0.15) is 0 Å². The Morgan fingerprint density at radius 3 is 2.41 bits per heavy atom. The van der Waals surface area contributed by atoms with E-state index >= 15 is 0 Å². The highest BCUT2D eigenvalue weighted by Crippen LogP contribution is 2.47. The Labute approximate surface area is 162 Å². The highest BCUT2D eigenvalue weighted by Gasteiger charge is 2.54. The molecule has 0 spiro atoms. The summed E-state index contributed by atoms with van der Waals surface area (Å²) in [6.45, 7) is 3.33. The number of carbonyl (C=O) groups excluding carboxylic acids is 1. The largest absolute Gasteiger partial charge is 0.497 e. The lowest BCUT2D eigenvalue weighted by atomic mass is 9.75. The molecule has 1 aromatic rings. The molecule has 3 atom stereocenters. The van der Waals surface area contributed by atoms with Gasteiger partial charge in [-0.25, -0.2) is 0 Å². The first-order valence-corrected chi connectivity index (χ1v) is 10.9. The third kappa shape index (κ3) is 3.06. The molecule has 27 heavy (non-hydrogen) atoms. The Morgan fingerprint density at radius 2 is 1.74 bits per heavy atom. The van der Waals surface area contributed by atoms with Crippen molar-refractivity contribution in [3.8, 4) is 5.75 Å². The lowest BCUT2D eigenvalue weighted by molar-refractivity contribution is -0.137. The Bertz CT molecular complexity index is 674. The normalized spacial score (nSPS) is 35.4. The summed E-state index contributed by atoms with van der Waals surface area (Å²) in [5.74, 6) is 3.12. The van der Waals surface area contributed by atoms with Crippen LogP contribution in [-0.4, -0.2) is 54.5 Å². The first-order valence-electron chi connectivity index (χ1n) is 10.9. The predicted octanol–water partition coefficient (Wildman–Crippen LogP) is 3.66. The number of piperidine rings is 3. The summed E-state index contributed by atoms with van der Waals surface area (Å²) < 4.78 is 5.35. The van der Waals surface area contributed by atoms with Crippen molar-refractivity contribution < 1.29 is 9.53 Å². The first kappa shape index (κ1) is 17.5. The molecule has 4 nitrogen and oxygen atoms in total. The number of rotatable bonds is 4. The van der Waals surface area contributed by atoms with E-state index in [4.69, 9.17) is 4.74 Å².